The summed E-state index contributed by atoms with van der Waals surface area (Å²) in [7, 11) is -1.98. The SMILES string of the molecule is COCC1(CNS(=O)(=O)c2cc3c(cc2C)OCO3)CCNCC1.Cl. The van der Waals surface area contributed by atoms with Crippen molar-refractivity contribution >= 4 is 22.4 Å². The number of rotatable bonds is 6. The molecule has 25 heavy (non-hydrogen) atoms. The fourth-order valence-electron chi connectivity index (χ4n) is 3.28. The highest BCUT2D eigenvalue weighted by Gasteiger charge is 2.34. The van der Waals surface area contributed by atoms with E-state index in [4.69, 9.17) is 14.2 Å². The van der Waals surface area contributed by atoms with Crippen LogP contribution < -0.4 is 19.5 Å². The summed E-state index contributed by atoms with van der Waals surface area (Å²) in [6.07, 6.45) is 1.76. The van der Waals surface area contributed by atoms with Crippen molar-refractivity contribution in [2.45, 2.75) is 24.7 Å². The van der Waals surface area contributed by atoms with Gasteiger partial charge >= 0.3 is 0 Å². The van der Waals surface area contributed by atoms with E-state index in [-0.39, 0.29) is 29.5 Å². The first-order valence-electron chi connectivity index (χ1n) is 8.05. The molecule has 0 atom stereocenters. The number of benzene rings is 1. The molecule has 2 aliphatic heterocycles. The number of methoxy groups -OCH3 is 1. The zero-order chi connectivity index (χ0) is 17.2. The van der Waals surface area contributed by atoms with E-state index in [0.717, 1.165) is 25.9 Å². The van der Waals surface area contributed by atoms with Gasteiger partial charge in [-0.05, 0) is 44.5 Å². The molecule has 1 saturated heterocycles. The smallest absolute Gasteiger partial charge is 0.240 e. The average Bonchev–Trinajstić information content (AvgIpc) is 3.01. The maximum absolute atomic E-state index is 12.8. The van der Waals surface area contributed by atoms with Gasteiger partial charge in [0.25, 0.3) is 0 Å². The molecule has 3 rings (SSSR count). The lowest BCUT2D eigenvalue weighted by Gasteiger charge is -2.37. The number of hydrogen-bond donors (Lipinski definition) is 2. The van der Waals surface area contributed by atoms with Crippen LogP contribution in [0.4, 0.5) is 0 Å². The van der Waals surface area contributed by atoms with E-state index in [0.29, 0.717) is 30.2 Å². The van der Waals surface area contributed by atoms with Crippen molar-refractivity contribution in [3.05, 3.63) is 17.7 Å². The molecule has 1 aromatic carbocycles. The van der Waals surface area contributed by atoms with Gasteiger partial charge < -0.3 is 19.5 Å². The van der Waals surface area contributed by atoms with Gasteiger partial charge in [0.2, 0.25) is 16.8 Å². The number of fused-ring (bicyclic) bond motifs is 1. The summed E-state index contributed by atoms with van der Waals surface area (Å²) in [4.78, 5) is 0.230. The van der Waals surface area contributed by atoms with Crippen LogP contribution in [-0.2, 0) is 14.8 Å². The molecule has 0 spiro atoms. The zero-order valence-electron chi connectivity index (χ0n) is 14.5. The summed E-state index contributed by atoms with van der Waals surface area (Å²) >= 11 is 0. The van der Waals surface area contributed by atoms with Crippen LogP contribution in [0.15, 0.2) is 17.0 Å². The number of halogens is 1. The number of hydrogen-bond acceptors (Lipinski definition) is 6. The van der Waals surface area contributed by atoms with Gasteiger partial charge in [0.1, 0.15) is 0 Å². The fraction of sp³-hybridized carbons (Fsp3) is 0.625. The lowest BCUT2D eigenvalue weighted by molar-refractivity contribution is 0.0577. The second-order valence-electron chi connectivity index (χ2n) is 6.48. The van der Waals surface area contributed by atoms with E-state index < -0.39 is 10.0 Å². The number of ether oxygens (including phenoxy) is 3. The van der Waals surface area contributed by atoms with E-state index in [1.165, 1.54) is 6.07 Å². The van der Waals surface area contributed by atoms with Gasteiger partial charge in [-0.15, -0.1) is 12.4 Å². The third-order valence-corrected chi connectivity index (χ3v) is 6.25. The molecule has 0 radical (unpaired) electrons. The number of aryl methyl sites for hydroxylation is 1. The molecule has 1 aromatic rings. The Bertz CT molecular complexity index is 699. The van der Waals surface area contributed by atoms with Crippen molar-refractivity contribution in [3.8, 4) is 11.5 Å². The minimum atomic E-state index is -3.63. The molecule has 0 unspecified atom stereocenters. The molecular formula is C16H25ClN2O5S. The van der Waals surface area contributed by atoms with Crippen molar-refractivity contribution in [1.29, 1.82) is 0 Å². The minimum Gasteiger partial charge on any atom is -0.454 e. The van der Waals surface area contributed by atoms with Crippen LogP contribution in [-0.4, -0.2) is 48.6 Å². The molecule has 0 aliphatic carbocycles. The summed E-state index contributed by atoms with van der Waals surface area (Å²) in [5, 5.41) is 3.30. The van der Waals surface area contributed by atoms with E-state index in [1.54, 1.807) is 20.1 Å². The standard InChI is InChI=1S/C16H24N2O5S.ClH/c1-12-7-13-14(23-11-22-13)8-15(12)24(19,20)18-9-16(10-21-2)3-5-17-6-4-16;/h7-8,17-18H,3-6,9-11H2,1-2H3;1H. The van der Waals surface area contributed by atoms with Gasteiger partial charge in [-0.25, -0.2) is 13.1 Å². The molecular weight excluding hydrogens is 368 g/mol. The first-order valence-corrected chi connectivity index (χ1v) is 9.54. The quantitative estimate of drug-likeness (QED) is 0.761. The Kier molecular flexibility index (Phi) is 6.56. The lowest BCUT2D eigenvalue weighted by atomic mass is 9.80. The topological polar surface area (TPSA) is 85.9 Å². The predicted molar refractivity (Wildman–Crippen MR) is 96.2 cm³/mol. The van der Waals surface area contributed by atoms with Gasteiger partial charge in [0.05, 0.1) is 11.5 Å². The molecule has 1 fully saturated rings. The second kappa shape index (κ2) is 8.09. The van der Waals surface area contributed by atoms with Gasteiger partial charge in [-0.3, -0.25) is 0 Å². The molecule has 0 amide bonds. The Labute approximate surface area is 154 Å². The van der Waals surface area contributed by atoms with Crippen LogP contribution in [0.3, 0.4) is 0 Å². The molecule has 2 N–H and O–H groups in total. The first kappa shape index (κ1) is 20.3. The highest BCUT2D eigenvalue weighted by atomic mass is 35.5. The summed E-state index contributed by atoms with van der Waals surface area (Å²) < 4.78 is 44.3. The normalized spacial score (nSPS) is 18.6. The third-order valence-electron chi connectivity index (χ3n) is 4.71. The molecule has 2 aliphatic rings. The van der Waals surface area contributed by atoms with E-state index in [9.17, 15) is 8.42 Å². The summed E-state index contributed by atoms with van der Waals surface area (Å²) in [5.74, 6) is 1.05. The Hall–Kier alpha value is -1.06. The van der Waals surface area contributed by atoms with Gasteiger partial charge in [-0.2, -0.15) is 0 Å². The predicted octanol–water partition coefficient (Wildman–Crippen LogP) is 1.44. The molecule has 0 saturated carbocycles. The summed E-state index contributed by atoms with van der Waals surface area (Å²) in [5.41, 5.74) is 0.468. The van der Waals surface area contributed by atoms with E-state index in [2.05, 4.69) is 10.0 Å². The first-order chi connectivity index (χ1) is 11.5. The van der Waals surface area contributed by atoms with Crippen LogP contribution in [0.5, 0.6) is 11.5 Å². The highest BCUT2D eigenvalue weighted by molar-refractivity contribution is 7.89. The van der Waals surface area contributed by atoms with Crippen molar-refractivity contribution in [3.63, 3.8) is 0 Å². The van der Waals surface area contributed by atoms with Gasteiger partial charge in [-0.1, -0.05) is 0 Å². The zero-order valence-corrected chi connectivity index (χ0v) is 16.1. The molecule has 0 aromatic heterocycles. The van der Waals surface area contributed by atoms with E-state index in [1.807, 2.05) is 0 Å². The Morgan fingerprint density at radius 2 is 1.88 bits per heavy atom. The van der Waals surface area contributed by atoms with Crippen LogP contribution in [0.25, 0.3) is 0 Å². The Morgan fingerprint density at radius 1 is 1.24 bits per heavy atom. The Morgan fingerprint density at radius 3 is 2.52 bits per heavy atom. The van der Waals surface area contributed by atoms with Crippen LogP contribution >= 0.6 is 12.4 Å². The van der Waals surface area contributed by atoms with Crippen molar-refractivity contribution in [1.82, 2.24) is 10.0 Å². The third kappa shape index (κ3) is 4.38. The monoisotopic (exact) mass is 392 g/mol. The molecule has 9 heteroatoms. The number of piperidine rings is 1. The average molecular weight is 393 g/mol. The molecule has 142 valence electrons. The van der Waals surface area contributed by atoms with E-state index >= 15 is 0 Å². The maximum atomic E-state index is 12.8. The van der Waals surface area contributed by atoms with Gasteiger partial charge in [0.15, 0.2) is 11.5 Å². The van der Waals surface area contributed by atoms with Crippen LogP contribution in [0, 0.1) is 12.3 Å². The maximum Gasteiger partial charge on any atom is 0.240 e. The minimum absolute atomic E-state index is 0. The number of nitrogens with one attached hydrogen (secondary N) is 2. The second-order valence-corrected chi connectivity index (χ2v) is 8.21. The lowest BCUT2D eigenvalue weighted by Crippen LogP contribution is -2.47. The molecule has 2 heterocycles. The molecule has 0 bridgehead atoms. The van der Waals surface area contributed by atoms with Crippen molar-refractivity contribution < 1.29 is 22.6 Å². The van der Waals surface area contributed by atoms with Crippen molar-refractivity contribution in [2.24, 2.45) is 5.41 Å². The van der Waals surface area contributed by atoms with Crippen LogP contribution in [0.2, 0.25) is 0 Å². The van der Waals surface area contributed by atoms with Crippen LogP contribution in [0.1, 0.15) is 18.4 Å². The summed E-state index contributed by atoms with van der Waals surface area (Å²) in [6.45, 7) is 4.51. The molecule has 7 nitrogen and oxygen atoms in total. The highest BCUT2D eigenvalue weighted by Crippen LogP contribution is 2.36. The van der Waals surface area contributed by atoms with Crippen molar-refractivity contribution in [2.75, 3.05) is 40.1 Å². The fourth-order valence-corrected chi connectivity index (χ4v) is 4.67. The Balaban J connectivity index is 0.00000225. The number of sulfonamides is 1. The van der Waals surface area contributed by atoms with Gasteiger partial charge in [0, 0.05) is 25.1 Å². The largest absolute Gasteiger partial charge is 0.454 e. The summed E-state index contributed by atoms with van der Waals surface area (Å²) in [6, 6.07) is 3.23.